The second-order valence-corrected chi connectivity index (χ2v) is 5.81. The van der Waals surface area contributed by atoms with Gasteiger partial charge in [-0.3, -0.25) is 4.68 Å². The van der Waals surface area contributed by atoms with Gasteiger partial charge in [-0.1, -0.05) is 19.3 Å². The Morgan fingerprint density at radius 2 is 2.17 bits per heavy atom. The Bertz CT molecular complexity index is 369. The van der Waals surface area contributed by atoms with E-state index in [-0.39, 0.29) is 0 Å². The van der Waals surface area contributed by atoms with Crippen LogP contribution in [0.15, 0.2) is 12.4 Å². The lowest BCUT2D eigenvalue weighted by molar-refractivity contribution is 0.00259. The van der Waals surface area contributed by atoms with Gasteiger partial charge >= 0.3 is 0 Å². The highest BCUT2D eigenvalue weighted by Gasteiger charge is 2.29. The van der Waals surface area contributed by atoms with Gasteiger partial charge < -0.3 is 10.4 Å². The first-order valence-corrected chi connectivity index (χ1v) is 7.02. The fourth-order valence-electron chi connectivity index (χ4n) is 2.66. The molecular formula is C14H25N3O. The Morgan fingerprint density at radius 3 is 2.78 bits per heavy atom. The number of aliphatic hydroxyl groups is 1. The molecule has 1 heterocycles. The zero-order chi connectivity index (χ0) is 13.0. The van der Waals surface area contributed by atoms with Crippen molar-refractivity contribution in [2.45, 2.75) is 64.1 Å². The van der Waals surface area contributed by atoms with Gasteiger partial charge in [0, 0.05) is 18.8 Å². The molecule has 18 heavy (non-hydrogen) atoms. The molecule has 102 valence electrons. The number of nitrogens with zero attached hydrogens (tertiary/aromatic N) is 2. The van der Waals surface area contributed by atoms with Crippen LogP contribution in [0.5, 0.6) is 0 Å². The van der Waals surface area contributed by atoms with E-state index in [0.29, 0.717) is 12.6 Å². The smallest absolute Gasteiger partial charge is 0.0771 e. The van der Waals surface area contributed by atoms with Gasteiger partial charge in [0.2, 0.25) is 0 Å². The Morgan fingerprint density at radius 1 is 1.44 bits per heavy atom. The predicted octanol–water partition coefficient (Wildman–Crippen LogP) is 1.86. The highest BCUT2D eigenvalue weighted by molar-refractivity contribution is 4.99. The van der Waals surface area contributed by atoms with Crippen LogP contribution in [-0.2, 0) is 6.54 Å². The summed E-state index contributed by atoms with van der Waals surface area (Å²) in [6, 6.07) is 0.329. The largest absolute Gasteiger partial charge is 0.389 e. The minimum absolute atomic E-state index is 0.329. The molecular weight excluding hydrogens is 226 g/mol. The molecule has 1 aromatic rings. The maximum Gasteiger partial charge on any atom is 0.0771 e. The van der Waals surface area contributed by atoms with Gasteiger partial charge in [-0.2, -0.15) is 5.10 Å². The summed E-state index contributed by atoms with van der Waals surface area (Å²) in [5.41, 5.74) is 0.708. The highest BCUT2D eigenvalue weighted by Crippen LogP contribution is 2.27. The van der Waals surface area contributed by atoms with Crippen molar-refractivity contribution in [3.05, 3.63) is 18.0 Å². The molecule has 4 heteroatoms. The molecule has 2 rings (SSSR count). The second-order valence-electron chi connectivity index (χ2n) is 5.81. The van der Waals surface area contributed by atoms with Crippen molar-refractivity contribution >= 4 is 0 Å². The molecule has 0 aromatic carbocycles. The molecule has 0 saturated heterocycles. The van der Waals surface area contributed by atoms with E-state index in [1.165, 1.54) is 12.0 Å². The van der Waals surface area contributed by atoms with Crippen LogP contribution in [-0.4, -0.2) is 33.1 Å². The molecule has 4 nitrogen and oxygen atoms in total. The molecule has 1 atom stereocenters. The normalized spacial score (nSPS) is 20.8. The summed E-state index contributed by atoms with van der Waals surface area (Å²) in [6.07, 6.45) is 9.39. The summed E-state index contributed by atoms with van der Waals surface area (Å²) in [7, 11) is 0. The molecule has 2 N–H and O–H groups in total. The molecule has 0 aliphatic heterocycles. The second kappa shape index (κ2) is 5.85. The van der Waals surface area contributed by atoms with Crippen molar-refractivity contribution in [1.82, 2.24) is 15.1 Å². The summed E-state index contributed by atoms with van der Waals surface area (Å²) >= 11 is 0. The summed E-state index contributed by atoms with van der Waals surface area (Å²) in [4.78, 5) is 0. The van der Waals surface area contributed by atoms with Crippen molar-refractivity contribution in [3.8, 4) is 0 Å². The monoisotopic (exact) mass is 251 g/mol. The molecule has 1 fully saturated rings. The van der Waals surface area contributed by atoms with Gasteiger partial charge in [0.05, 0.1) is 18.3 Å². The number of rotatable bonds is 5. The fourth-order valence-corrected chi connectivity index (χ4v) is 2.66. The Hall–Kier alpha value is -0.870. The lowest BCUT2D eigenvalue weighted by atomic mass is 9.85. The molecule has 0 bridgehead atoms. The molecule has 1 saturated carbocycles. The maximum absolute atomic E-state index is 10.4. The molecule has 0 unspecified atom stereocenters. The van der Waals surface area contributed by atoms with Crippen LogP contribution < -0.4 is 5.32 Å². The third kappa shape index (κ3) is 3.82. The quantitative estimate of drug-likeness (QED) is 0.840. The Labute approximate surface area is 109 Å². The van der Waals surface area contributed by atoms with Crippen molar-refractivity contribution in [2.24, 2.45) is 0 Å². The standard InChI is InChI=1S/C14H25N3O/c1-12-8-16-17(9-12)10-13(2)15-11-14(18)6-4-3-5-7-14/h8-9,13,15,18H,3-7,10-11H2,1-2H3/t13-/m1/s1. The topological polar surface area (TPSA) is 50.1 Å². The van der Waals surface area contributed by atoms with Crippen LogP contribution in [0, 0.1) is 6.92 Å². The van der Waals surface area contributed by atoms with Gasteiger partial charge in [-0.05, 0) is 32.3 Å². The number of hydrogen-bond acceptors (Lipinski definition) is 3. The number of hydrogen-bond donors (Lipinski definition) is 2. The van der Waals surface area contributed by atoms with Gasteiger partial charge in [0.15, 0.2) is 0 Å². The SMILES string of the molecule is Cc1cnn(C[C@@H](C)NCC2(O)CCCCC2)c1. The van der Waals surface area contributed by atoms with E-state index in [9.17, 15) is 5.11 Å². The number of aromatic nitrogens is 2. The van der Waals surface area contributed by atoms with E-state index in [1.807, 2.05) is 24.0 Å². The predicted molar refractivity (Wildman–Crippen MR) is 72.5 cm³/mol. The average Bonchev–Trinajstić information content (AvgIpc) is 2.73. The molecule has 0 amide bonds. The van der Waals surface area contributed by atoms with Gasteiger partial charge in [-0.15, -0.1) is 0 Å². The fraction of sp³-hybridized carbons (Fsp3) is 0.786. The van der Waals surface area contributed by atoms with Gasteiger partial charge in [-0.25, -0.2) is 0 Å². The van der Waals surface area contributed by atoms with Crippen LogP contribution in [0.25, 0.3) is 0 Å². The molecule has 1 aliphatic rings. The lowest BCUT2D eigenvalue weighted by Gasteiger charge is -2.33. The Kier molecular flexibility index (Phi) is 4.40. The van der Waals surface area contributed by atoms with E-state index in [2.05, 4.69) is 17.3 Å². The summed E-state index contributed by atoms with van der Waals surface area (Å²) in [5.74, 6) is 0. The van der Waals surface area contributed by atoms with Gasteiger partial charge in [0.25, 0.3) is 0 Å². The third-order valence-electron chi connectivity index (χ3n) is 3.79. The third-order valence-corrected chi connectivity index (χ3v) is 3.79. The highest BCUT2D eigenvalue weighted by atomic mass is 16.3. The van der Waals surface area contributed by atoms with E-state index in [4.69, 9.17) is 0 Å². The zero-order valence-electron chi connectivity index (χ0n) is 11.5. The first-order valence-electron chi connectivity index (χ1n) is 7.02. The zero-order valence-corrected chi connectivity index (χ0v) is 11.5. The minimum atomic E-state index is -0.480. The summed E-state index contributed by atoms with van der Waals surface area (Å²) in [6.45, 7) is 5.74. The maximum atomic E-state index is 10.4. The molecule has 1 aliphatic carbocycles. The number of aryl methyl sites for hydroxylation is 1. The van der Waals surface area contributed by atoms with Crippen LogP contribution in [0.4, 0.5) is 0 Å². The van der Waals surface area contributed by atoms with Crippen molar-refractivity contribution in [1.29, 1.82) is 0 Å². The van der Waals surface area contributed by atoms with Crippen LogP contribution in [0.1, 0.15) is 44.6 Å². The van der Waals surface area contributed by atoms with Crippen LogP contribution >= 0.6 is 0 Å². The minimum Gasteiger partial charge on any atom is -0.389 e. The molecule has 0 radical (unpaired) electrons. The van der Waals surface area contributed by atoms with E-state index in [1.54, 1.807) is 0 Å². The first kappa shape index (κ1) is 13.6. The molecule has 0 spiro atoms. The summed E-state index contributed by atoms with van der Waals surface area (Å²) in [5, 5.41) is 18.1. The van der Waals surface area contributed by atoms with Crippen molar-refractivity contribution in [3.63, 3.8) is 0 Å². The first-order chi connectivity index (χ1) is 8.57. The van der Waals surface area contributed by atoms with Crippen LogP contribution in [0.2, 0.25) is 0 Å². The average molecular weight is 251 g/mol. The van der Waals surface area contributed by atoms with Crippen molar-refractivity contribution in [2.75, 3.05) is 6.54 Å². The summed E-state index contributed by atoms with van der Waals surface area (Å²) < 4.78 is 1.96. The molecule has 1 aromatic heterocycles. The van der Waals surface area contributed by atoms with E-state index < -0.39 is 5.60 Å². The Balaban J connectivity index is 1.75. The lowest BCUT2D eigenvalue weighted by Crippen LogP contribution is -2.46. The van der Waals surface area contributed by atoms with Crippen molar-refractivity contribution < 1.29 is 5.11 Å². The van der Waals surface area contributed by atoms with Gasteiger partial charge in [0.1, 0.15) is 0 Å². The van der Waals surface area contributed by atoms with Crippen LogP contribution in [0.3, 0.4) is 0 Å². The number of nitrogens with one attached hydrogen (secondary N) is 1. The van der Waals surface area contributed by atoms with E-state index >= 15 is 0 Å². The van der Waals surface area contributed by atoms with E-state index in [0.717, 1.165) is 32.2 Å².